The molecule has 3 rings (SSSR count). The van der Waals surface area contributed by atoms with Crippen LogP contribution in [-0.4, -0.2) is 27.0 Å². The Kier molecular flexibility index (Phi) is 5.04. The molecule has 0 atom stereocenters. The molecule has 0 bridgehead atoms. The maximum atomic E-state index is 12.3. The molecule has 1 aromatic heterocycles. The van der Waals surface area contributed by atoms with Crippen LogP contribution in [0.25, 0.3) is 5.69 Å². The van der Waals surface area contributed by atoms with E-state index < -0.39 is 12.3 Å². The number of benzene rings is 2. The average Bonchev–Trinajstić information content (AvgIpc) is 2.98. The van der Waals surface area contributed by atoms with Crippen LogP contribution in [0.5, 0.6) is 5.75 Å². The molecule has 6 nitrogen and oxygen atoms in total. The van der Waals surface area contributed by atoms with Crippen molar-refractivity contribution in [2.24, 2.45) is 0 Å². The summed E-state index contributed by atoms with van der Waals surface area (Å²) in [6.07, 6.45) is -4.78. The zero-order valence-electron chi connectivity index (χ0n) is 13.8. The normalized spacial score (nSPS) is 11.3. The molecule has 1 heterocycles. The molecule has 1 amide bonds. The summed E-state index contributed by atoms with van der Waals surface area (Å²) in [4.78, 5) is 16.4. The van der Waals surface area contributed by atoms with Gasteiger partial charge >= 0.3 is 6.36 Å². The molecule has 10 heteroatoms. The maximum Gasteiger partial charge on any atom is 0.573 e. The van der Waals surface area contributed by atoms with Crippen LogP contribution in [0, 0.1) is 6.92 Å². The minimum atomic E-state index is -4.78. The number of aromatic nitrogens is 3. The van der Waals surface area contributed by atoms with E-state index >= 15 is 0 Å². The first kappa shape index (κ1) is 18.7. The topological polar surface area (TPSA) is 69.0 Å². The second-order valence-corrected chi connectivity index (χ2v) is 5.83. The van der Waals surface area contributed by atoms with Gasteiger partial charge in [0.2, 0.25) is 5.82 Å². The number of aryl methyl sites for hydroxylation is 1. The molecule has 140 valence electrons. The lowest BCUT2D eigenvalue weighted by molar-refractivity contribution is -0.274. The SMILES string of the molecule is Cc1nc(C(=O)Nc2ccc(OC(F)(F)F)cc2)nn1-c1ccc(Cl)cc1. The lowest BCUT2D eigenvalue weighted by atomic mass is 10.3. The Hall–Kier alpha value is -3.07. The fourth-order valence-electron chi connectivity index (χ4n) is 2.24. The van der Waals surface area contributed by atoms with Crippen molar-refractivity contribution in [3.8, 4) is 11.4 Å². The first-order valence-corrected chi connectivity index (χ1v) is 7.96. The summed E-state index contributed by atoms with van der Waals surface area (Å²) in [5.41, 5.74) is 0.951. The van der Waals surface area contributed by atoms with Crippen molar-refractivity contribution in [1.82, 2.24) is 14.8 Å². The third kappa shape index (κ3) is 4.76. The molecule has 0 saturated heterocycles. The van der Waals surface area contributed by atoms with Gasteiger partial charge in [0.1, 0.15) is 11.6 Å². The molecule has 2 aromatic carbocycles. The number of carbonyl (C=O) groups excluding carboxylic acids is 1. The van der Waals surface area contributed by atoms with Gasteiger partial charge in [0.05, 0.1) is 5.69 Å². The Morgan fingerprint density at radius 3 is 2.33 bits per heavy atom. The van der Waals surface area contributed by atoms with Crippen LogP contribution in [0.1, 0.15) is 16.4 Å². The molecule has 0 aliphatic carbocycles. The highest BCUT2D eigenvalue weighted by Gasteiger charge is 2.31. The first-order valence-electron chi connectivity index (χ1n) is 7.58. The number of amides is 1. The van der Waals surface area contributed by atoms with E-state index in [0.29, 0.717) is 16.5 Å². The Labute approximate surface area is 156 Å². The minimum absolute atomic E-state index is 0.0851. The number of nitrogens with one attached hydrogen (secondary N) is 1. The third-order valence-electron chi connectivity index (χ3n) is 3.39. The Morgan fingerprint density at radius 2 is 1.74 bits per heavy atom. The van der Waals surface area contributed by atoms with Gasteiger partial charge < -0.3 is 10.1 Å². The van der Waals surface area contributed by atoms with Crippen molar-refractivity contribution < 1.29 is 22.7 Å². The number of nitrogens with zero attached hydrogens (tertiary/aromatic N) is 3. The quantitative estimate of drug-likeness (QED) is 0.710. The van der Waals surface area contributed by atoms with E-state index in [-0.39, 0.29) is 17.3 Å². The number of halogens is 4. The molecule has 0 aliphatic heterocycles. The Balaban J connectivity index is 1.73. The summed E-state index contributed by atoms with van der Waals surface area (Å²) >= 11 is 5.85. The minimum Gasteiger partial charge on any atom is -0.406 e. The lowest BCUT2D eigenvalue weighted by Gasteiger charge is -2.09. The zero-order chi connectivity index (χ0) is 19.6. The van der Waals surface area contributed by atoms with Gasteiger partial charge in [0.15, 0.2) is 0 Å². The van der Waals surface area contributed by atoms with Crippen LogP contribution in [0.3, 0.4) is 0 Å². The number of hydrogen-bond donors (Lipinski definition) is 1. The summed E-state index contributed by atoms with van der Waals surface area (Å²) in [6.45, 7) is 1.68. The summed E-state index contributed by atoms with van der Waals surface area (Å²) < 4.78 is 41.7. The molecule has 3 aromatic rings. The van der Waals surface area contributed by atoms with Crippen LogP contribution in [-0.2, 0) is 0 Å². The van der Waals surface area contributed by atoms with Gasteiger partial charge in [-0.2, -0.15) is 0 Å². The highest BCUT2D eigenvalue weighted by atomic mass is 35.5. The van der Waals surface area contributed by atoms with E-state index in [1.54, 1.807) is 31.2 Å². The Morgan fingerprint density at radius 1 is 1.11 bits per heavy atom. The summed E-state index contributed by atoms with van der Waals surface area (Å²) in [6, 6.07) is 11.6. The van der Waals surface area contributed by atoms with Gasteiger partial charge in [-0.1, -0.05) is 11.6 Å². The van der Waals surface area contributed by atoms with E-state index in [9.17, 15) is 18.0 Å². The van der Waals surface area contributed by atoms with Gasteiger partial charge in [-0.05, 0) is 55.5 Å². The summed E-state index contributed by atoms with van der Waals surface area (Å²) in [7, 11) is 0. The highest BCUT2D eigenvalue weighted by Crippen LogP contribution is 2.24. The van der Waals surface area contributed by atoms with Gasteiger partial charge in [-0.3, -0.25) is 4.79 Å². The van der Waals surface area contributed by atoms with Gasteiger partial charge in [-0.15, -0.1) is 18.3 Å². The van der Waals surface area contributed by atoms with Crippen molar-refractivity contribution in [2.45, 2.75) is 13.3 Å². The molecule has 0 spiro atoms. The lowest BCUT2D eigenvalue weighted by Crippen LogP contribution is -2.17. The van der Waals surface area contributed by atoms with Crippen molar-refractivity contribution in [3.63, 3.8) is 0 Å². The van der Waals surface area contributed by atoms with Gasteiger partial charge in [0.25, 0.3) is 5.91 Å². The predicted octanol–water partition coefficient (Wildman–Crippen LogP) is 4.38. The first-order chi connectivity index (χ1) is 12.7. The Bertz CT molecular complexity index is 954. The molecule has 0 radical (unpaired) electrons. The molecular weight excluding hydrogens is 385 g/mol. The maximum absolute atomic E-state index is 12.3. The van der Waals surface area contributed by atoms with E-state index in [0.717, 1.165) is 12.1 Å². The standard InChI is InChI=1S/C17H12ClF3N4O2/c1-10-22-15(24-25(10)13-6-2-11(18)3-7-13)16(26)23-12-4-8-14(9-5-12)27-17(19,20)21/h2-9H,1H3,(H,23,26). The van der Waals surface area contributed by atoms with Crippen LogP contribution >= 0.6 is 11.6 Å². The fraction of sp³-hybridized carbons (Fsp3) is 0.118. The highest BCUT2D eigenvalue weighted by molar-refractivity contribution is 6.30. The smallest absolute Gasteiger partial charge is 0.406 e. The molecule has 0 aliphatic rings. The van der Waals surface area contributed by atoms with Crippen molar-refractivity contribution >= 4 is 23.2 Å². The van der Waals surface area contributed by atoms with Crippen LogP contribution < -0.4 is 10.1 Å². The van der Waals surface area contributed by atoms with E-state index in [2.05, 4.69) is 20.1 Å². The largest absolute Gasteiger partial charge is 0.573 e. The number of anilines is 1. The zero-order valence-corrected chi connectivity index (χ0v) is 14.5. The van der Waals surface area contributed by atoms with Crippen LogP contribution in [0.2, 0.25) is 5.02 Å². The third-order valence-corrected chi connectivity index (χ3v) is 3.64. The van der Waals surface area contributed by atoms with Crippen molar-refractivity contribution in [1.29, 1.82) is 0 Å². The molecule has 0 unspecified atom stereocenters. The van der Waals surface area contributed by atoms with Crippen molar-refractivity contribution in [3.05, 3.63) is 65.2 Å². The van der Waals surface area contributed by atoms with Crippen molar-refractivity contribution in [2.75, 3.05) is 5.32 Å². The number of carbonyl (C=O) groups is 1. The number of ether oxygens (including phenoxy) is 1. The second-order valence-electron chi connectivity index (χ2n) is 5.40. The van der Waals surface area contributed by atoms with Crippen LogP contribution in [0.4, 0.5) is 18.9 Å². The van der Waals surface area contributed by atoms with E-state index in [4.69, 9.17) is 11.6 Å². The molecular formula is C17H12ClF3N4O2. The monoisotopic (exact) mass is 396 g/mol. The van der Waals surface area contributed by atoms with Crippen LogP contribution in [0.15, 0.2) is 48.5 Å². The van der Waals surface area contributed by atoms with Gasteiger partial charge in [0, 0.05) is 10.7 Å². The number of rotatable bonds is 4. The van der Waals surface area contributed by atoms with E-state index in [1.807, 2.05) is 0 Å². The van der Waals surface area contributed by atoms with E-state index in [1.165, 1.54) is 16.8 Å². The van der Waals surface area contributed by atoms with Gasteiger partial charge in [-0.25, -0.2) is 9.67 Å². The average molecular weight is 397 g/mol. The molecule has 0 fully saturated rings. The summed E-state index contributed by atoms with van der Waals surface area (Å²) in [5.74, 6) is -0.591. The molecule has 1 N–H and O–H groups in total. The number of alkyl halides is 3. The summed E-state index contributed by atoms with van der Waals surface area (Å²) in [5, 5.41) is 7.23. The fourth-order valence-corrected chi connectivity index (χ4v) is 2.37. The second kappa shape index (κ2) is 7.28. The molecule has 27 heavy (non-hydrogen) atoms. The predicted molar refractivity (Wildman–Crippen MR) is 92.2 cm³/mol. The number of hydrogen-bond acceptors (Lipinski definition) is 4. The molecule has 0 saturated carbocycles.